The quantitative estimate of drug-likeness (QED) is 0.633. The molecule has 0 radical (unpaired) electrons. The number of carbonyl (C=O) groups is 2. The summed E-state index contributed by atoms with van der Waals surface area (Å²) < 4.78 is 13.5. The Morgan fingerprint density at radius 1 is 1.43 bits per heavy atom. The number of hydrogen-bond donors (Lipinski definition) is 1. The highest BCUT2D eigenvalue weighted by molar-refractivity contribution is 9.10. The number of likely N-dealkylation sites (tertiary alicyclic amines) is 1. The minimum atomic E-state index is -1.00. The second-order valence-electron chi connectivity index (χ2n) is 5.46. The van der Waals surface area contributed by atoms with Crippen molar-refractivity contribution in [3.05, 3.63) is 38.1 Å². The van der Waals surface area contributed by atoms with E-state index in [2.05, 4.69) is 15.9 Å². The zero-order valence-electron chi connectivity index (χ0n) is 12.2. The number of carbonyl (C=O) groups excluding carboxylic acids is 1. The predicted octanol–water partition coefficient (Wildman–Crippen LogP) is 2.82. The number of nitrogens with zero attached hydrogens (tertiary/aromatic N) is 2. The van der Waals surface area contributed by atoms with Crippen LogP contribution in [-0.2, 0) is 4.79 Å². The minimum absolute atomic E-state index is 0.00785. The second-order valence-corrected chi connectivity index (χ2v) is 6.26. The van der Waals surface area contributed by atoms with Gasteiger partial charge in [-0.3, -0.25) is 19.7 Å². The average Bonchev–Trinajstić information content (AvgIpc) is 2.48. The molecule has 1 aromatic rings. The molecule has 1 heterocycles. The second kappa shape index (κ2) is 6.61. The Morgan fingerprint density at radius 3 is 2.65 bits per heavy atom. The van der Waals surface area contributed by atoms with Crippen molar-refractivity contribution in [1.29, 1.82) is 0 Å². The van der Waals surface area contributed by atoms with E-state index in [1.54, 1.807) is 6.92 Å². The predicted molar refractivity (Wildman–Crippen MR) is 81.6 cm³/mol. The maximum atomic E-state index is 13.6. The molecule has 0 aliphatic carbocycles. The lowest BCUT2D eigenvalue weighted by Crippen LogP contribution is -2.47. The van der Waals surface area contributed by atoms with Gasteiger partial charge in [0.15, 0.2) is 0 Å². The first-order chi connectivity index (χ1) is 10.7. The molecule has 2 atom stereocenters. The Balaban J connectivity index is 2.39. The average molecular weight is 389 g/mol. The highest BCUT2D eigenvalue weighted by Gasteiger charge is 2.34. The Bertz CT molecular complexity index is 681. The van der Waals surface area contributed by atoms with Crippen LogP contribution >= 0.6 is 15.9 Å². The van der Waals surface area contributed by atoms with Gasteiger partial charge in [0.1, 0.15) is 10.3 Å². The van der Waals surface area contributed by atoms with Crippen LogP contribution in [0.15, 0.2) is 16.6 Å². The Morgan fingerprint density at radius 2 is 2.09 bits per heavy atom. The molecule has 1 fully saturated rings. The number of rotatable bonds is 3. The molecule has 1 amide bonds. The Hall–Kier alpha value is -2.03. The summed E-state index contributed by atoms with van der Waals surface area (Å²) in [5.74, 6) is -3.22. The zero-order valence-corrected chi connectivity index (χ0v) is 13.7. The van der Waals surface area contributed by atoms with Crippen LogP contribution in [0.2, 0.25) is 0 Å². The molecule has 2 rings (SSSR count). The van der Waals surface area contributed by atoms with Gasteiger partial charge in [-0.05, 0) is 41.8 Å². The van der Waals surface area contributed by atoms with E-state index >= 15 is 0 Å². The molecule has 0 aromatic heterocycles. The molecule has 7 nitrogen and oxygen atoms in total. The SMILES string of the molecule is CC1CCC(C(=O)O)CN1C(=O)c1cc(F)cc([N+](=O)[O-])c1Br. The van der Waals surface area contributed by atoms with Gasteiger partial charge in [0.05, 0.1) is 22.5 Å². The lowest BCUT2D eigenvalue weighted by molar-refractivity contribution is -0.385. The molecular formula is C14H14BrFN2O5. The van der Waals surface area contributed by atoms with Crippen molar-refractivity contribution in [2.75, 3.05) is 6.54 Å². The maximum Gasteiger partial charge on any atom is 0.308 e. The molecule has 23 heavy (non-hydrogen) atoms. The molecule has 9 heteroatoms. The third-order valence-electron chi connectivity index (χ3n) is 3.94. The summed E-state index contributed by atoms with van der Waals surface area (Å²) in [5.41, 5.74) is -0.734. The number of amides is 1. The van der Waals surface area contributed by atoms with Gasteiger partial charge in [-0.25, -0.2) is 4.39 Å². The fraction of sp³-hybridized carbons (Fsp3) is 0.429. The number of piperidine rings is 1. The molecule has 124 valence electrons. The smallest absolute Gasteiger partial charge is 0.308 e. The van der Waals surface area contributed by atoms with Crippen molar-refractivity contribution < 1.29 is 24.0 Å². The van der Waals surface area contributed by atoms with Crippen molar-refractivity contribution in [3.8, 4) is 0 Å². The van der Waals surface area contributed by atoms with E-state index in [0.717, 1.165) is 12.1 Å². The Kier molecular flexibility index (Phi) is 4.98. The summed E-state index contributed by atoms with van der Waals surface area (Å²) in [7, 11) is 0. The monoisotopic (exact) mass is 388 g/mol. The van der Waals surface area contributed by atoms with Crippen molar-refractivity contribution >= 4 is 33.5 Å². The first-order valence-corrected chi connectivity index (χ1v) is 7.69. The van der Waals surface area contributed by atoms with Crippen molar-refractivity contribution in [2.24, 2.45) is 5.92 Å². The van der Waals surface area contributed by atoms with Gasteiger partial charge in [0, 0.05) is 12.6 Å². The summed E-state index contributed by atoms with van der Waals surface area (Å²) in [6.07, 6.45) is 0.947. The molecule has 0 saturated carbocycles. The number of carboxylic acid groups (broad SMARTS) is 1. The number of nitro groups is 1. The van der Waals surface area contributed by atoms with E-state index in [0.29, 0.717) is 12.8 Å². The third-order valence-corrected chi connectivity index (χ3v) is 4.77. The molecular weight excluding hydrogens is 375 g/mol. The number of hydrogen-bond acceptors (Lipinski definition) is 4. The summed E-state index contributed by atoms with van der Waals surface area (Å²) in [5, 5.41) is 20.1. The van der Waals surface area contributed by atoms with Crippen LogP contribution < -0.4 is 0 Å². The minimum Gasteiger partial charge on any atom is -0.481 e. The highest BCUT2D eigenvalue weighted by Crippen LogP contribution is 2.32. The van der Waals surface area contributed by atoms with Crippen LogP contribution in [0.5, 0.6) is 0 Å². The van der Waals surface area contributed by atoms with Crippen LogP contribution in [0, 0.1) is 21.8 Å². The van der Waals surface area contributed by atoms with Crippen molar-refractivity contribution in [1.82, 2.24) is 4.90 Å². The molecule has 0 bridgehead atoms. The number of nitro benzene ring substituents is 1. The van der Waals surface area contributed by atoms with Crippen molar-refractivity contribution in [2.45, 2.75) is 25.8 Å². The van der Waals surface area contributed by atoms with Crippen LogP contribution in [0.3, 0.4) is 0 Å². The summed E-state index contributed by atoms with van der Waals surface area (Å²) in [6.45, 7) is 1.75. The van der Waals surface area contributed by atoms with Gasteiger partial charge < -0.3 is 10.0 Å². The summed E-state index contributed by atoms with van der Waals surface area (Å²) in [6, 6.07) is 1.41. The number of carboxylic acids is 1. The van der Waals surface area contributed by atoms with Gasteiger partial charge in [-0.1, -0.05) is 0 Å². The fourth-order valence-corrected chi connectivity index (χ4v) is 3.15. The lowest BCUT2D eigenvalue weighted by Gasteiger charge is -2.36. The molecule has 0 spiro atoms. The van der Waals surface area contributed by atoms with E-state index in [1.807, 2.05) is 0 Å². The van der Waals surface area contributed by atoms with E-state index in [1.165, 1.54) is 4.90 Å². The first-order valence-electron chi connectivity index (χ1n) is 6.89. The Labute approximate surface area is 139 Å². The number of benzene rings is 1. The summed E-state index contributed by atoms with van der Waals surface area (Å²) in [4.78, 5) is 35.2. The molecule has 1 aromatic carbocycles. The van der Waals surface area contributed by atoms with Gasteiger partial charge in [-0.2, -0.15) is 0 Å². The standard InChI is InChI=1S/C14H14BrFN2O5/c1-7-2-3-8(14(20)21)6-17(7)13(19)10-4-9(16)5-11(12(10)15)18(22)23/h4-5,7-8H,2-3,6H2,1H3,(H,20,21). The highest BCUT2D eigenvalue weighted by atomic mass is 79.9. The van der Waals surface area contributed by atoms with Gasteiger partial charge in [-0.15, -0.1) is 0 Å². The van der Waals surface area contributed by atoms with Crippen LogP contribution in [-0.4, -0.2) is 39.4 Å². The lowest BCUT2D eigenvalue weighted by atomic mass is 9.93. The number of halogens is 2. The van der Waals surface area contributed by atoms with Crippen molar-refractivity contribution in [3.63, 3.8) is 0 Å². The maximum absolute atomic E-state index is 13.6. The molecule has 2 unspecified atom stereocenters. The van der Waals surface area contributed by atoms with Gasteiger partial charge in [0.25, 0.3) is 11.6 Å². The molecule has 1 N–H and O–H groups in total. The van der Waals surface area contributed by atoms with E-state index < -0.39 is 34.2 Å². The van der Waals surface area contributed by atoms with E-state index in [4.69, 9.17) is 5.11 Å². The topological polar surface area (TPSA) is 101 Å². The molecule has 1 aliphatic heterocycles. The molecule has 1 saturated heterocycles. The van der Waals surface area contributed by atoms with Crippen LogP contribution in [0.1, 0.15) is 30.1 Å². The zero-order chi connectivity index (χ0) is 17.3. The normalized spacial score (nSPS) is 21.1. The fourth-order valence-electron chi connectivity index (χ4n) is 2.61. The van der Waals surface area contributed by atoms with Crippen LogP contribution in [0.25, 0.3) is 0 Å². The first kappa shape index (κ1) is 17.3. The molecule has 1 aliphatic rings. The van der Waals surface area contributed by atoms with Gasteiger partial charge >= 0.3 is 5.97 Å². The number of aliphatic carboxylic acids is 1. The van der Waals surface area contributed by atoms with Gasteiger partial charge in [0.2, 0.25) is 0 Å². The third kappa shape index (κ3) is 3.49. The van der Waals surface area contributed by atoms with Crippen LogP contribution in [0.4, 0.5) is 10.1 Å². The largest absolute Gasteiger partial charge is 0.481 e. The summed E-state index contributed by atoms with van der Waals surface area (Å²) >= 11 is 2.98. The van der Waals surface area contributed by atoms with E-state index in [-0.39, 0.29) is 22.6 Å². The van der Waals surface area contributed by atoms with E-state index in [9.17, 15) is 24.1 Å².